The third-order valence-electron chi connectivity index (χ3n) is 2.46. The van der Waals surface area contributed by atoms with Crippen molar-refractivity contribution in [2.24, 2.45) is 5.11 Å². The number of para-hydroxylation sites is 1. The van der Waals surface area contributed by atoms with Gasteiger partial charge < -0.3 is 5.73 Å². The Balaban J connectivity index is 2.64. The predicted molar refractivity (Wildman–Crippen MR) is 75.1 cm³/mol. The maximum Gasteiger partial charge on any atom is 0.0611 e. The molecule has 2 rings (SSSR count). The van der Waals surface area contributed by atoms with Gasteiger partial charge in [0.2, 0.25) is 0 Å². The van der Waals surface area contributed by atoms with Gasteiger partial charge in [0.25, 0.3) is 0 Å². The van der Waals surface area contributed by atoms with Crippen LogP contribution in [-0.4, -0.2) is 0 Å². The van der Waals surface area contributed by atoms with Gasteiger partial charge in [-0.1, -0.05) is 52.6 Å². The van der Waals surface area contributed by atoms with Crippen molar-refractivity contribution in [3.05, 3.63) is 56.9 Å². The van der Waals surface area contributed by atoms with E-state index in [1.54, 1.807) is 36.4 Å². The van der Waals surface area contributed by atoms with Crippen LogP contribution in [0.4, 0.5) is 11.4 Å². The Bertz CT molecular complexity index is 649. The highest BCUT2D eigenvalue weighted by Gasteiger charge is 2.09. The standard InChI is InChI=1S/C12H8Cl2N4/c13-7-4-5-8(10(14)6-7)9-2-1-3-11(12(9)15)17-18-16/h1-6H,15H2. The van der Waals surface area contributed by atoms with Crippen LogP contribution in [0.5, 0.6) is 0 Å². The topological polar surface area (TPSA) is 74.8 Å². The van der Waals surface area contributed by atoms with E-state index in [0.29, 0.717) is 27.0 Å². The molecule has 0 aliphatic rings. The highest BCUT2D eigenvalue weighted by Crippen LogP contribution is 2.37. The van der Waals surface area contributed by atoms with E-state index in [1.807, 2.05) is 0 Å². The van der Waals surface area contributed by atoms with Gasteiger partial charge in [-0.25, -0.2) is 0 Å². The Morgan fingerprint density at radius 1 is 1.11 bits per heavy atom. The van der Waals surface area contributed by atoms with Crippen LogP contribution in [0, 0.1) is 0 Å². The number of halogens is 2. The molecule has 0 aliphatic carbocycles. The Morgan fingerprint density at radius 3 is 2.56 bits per heavy atom. The zero-order valence-corrected chi connectivity index (χ0v) is 10.7. The molecular formula is C12H8Cl2N4. The number of nitrogen functional groups attached to an aromatic ring is 1. The number of anilines is 1. The molecule has 0 aromatic heterocycles. The van der Waals surface area contributed by atoms with E-state index in [4.69, 9.17) is 34.5 Å². The fraction of sp³-hybridized carbons (Fsp3) is 0. The van der Waals surface area contributed by atoms with Crippen LogP contribution < -0.4 is 5.73 Å². The largest absolute Gasteiger partial charge is 0.398 e. The number of rotatable bonds is 2. The number of hydrogen-bond donors (Lipinski definition) is 1. The van der Waals surface area contributed by atoms with Crippen molar-refractivity contribution in [3.8, 4) is 11.1 Å². The Hall–Kier alpha value is -1.87. The molecule has 0 unspecified atom stereocenters. The summed E-state index contributed by atoms with van der Waals surface area (Å²) >= 11 is 12.0. The van der Waals surface area contributed by atoms with Crippen molar-refractivity contribution in [2.45, 2.75) is 0 Å². The van der Waals surface area contributed by atoms with Gasteiger partial charge in [0.05, 0.1) is 5.69 Å². The van der Waals surface area contributed by atoms with Crippen LogP contribution in [0.15, 0.2) is 41.5 Å². The van der Waals surface area contributed by atoms with Crippen molar-refractivity contribution in [1.29, 1.82) is 0 Å². The second kappa shape index (κ2) is 5.19. The zero-order chi connectivity index (χ0) is 13.1. The molecule has 0 spiro atoms. The Kier molecular flexibility index (Phi) is 3.63. The first-order chi connectivity index (χ1) is 8.63. The molecule has 4 nitrogen and oxygen atoms in total. The summed E-state index contributed by atoms with van der Waals surface area (Å²) in [6.07, 6.45) is 0. The third-order valence-corrected chi connectivity index (χ3v) is 3.00. The maximum absolute atomic E-state index is 8.46. The van der Waals surface area contributed by atoms with Crippen molar-refractivity contribution < 1.29 is 0 Å². The molecule has 0 heterocycles. The van der Waals surface area contributed by atoms with Gasteiger partial charge in [-0.3, -0.25) is 0 Å². The van der Waals surface area contributed by atoms with Crippen molar-refractivity contribution >= 4 is 34.6 Å². The van der Waals surface area contributed by atoms with Crippen LogP contribution in [0.3, 0.4) is 0 Å². The molecule has 0 amide bonds. The van der Waals surface area contributed by atoms with Crippen LogP contribution >= 0.6 is 23.2 Å². The average molecular weight is 279 g/mol. The minimum absolute atomic E-state index is 0.376. The van der Waals surface area contributed by atoms with Crippen molar-refractivity contribution in [2.75, 3.05) is 5.73 Å². The summed E-state index contributed by atoms with van der Waals surface area (Å²) < 4.78 is 0. The van der Waals surface area contributed by atoms with Crippen LogP contribution in [-0.2, 0) is 0 Å². The first-order valence-electron chi connectivity index (χ1n) is 5.02. The molecule has 2 N–H and O–H groups in total. The van der Waals surface area contributed by atoms with Gasteiger partial charge in [0.1, 0.15) is 0 Å². The second-order valence-electron chi connectivity index (χ2n) is 3.55. The fourth-order valence-electron chi connectivity index (χ4n) is 1.63. The number of azide groups is 1. The van der Waals surface area contributed by atoms with Gasteiger partial charge in [-0.15, -0.1) is 0 Å². The summed E-state index contributed by atoms with van der Waals surface area (Å²) in [7, 11) is 0. The predicted octanol–water partition coefficient (Wildman–Crippen LogP) is 5.18. The Labute approximate surface area is 114 Å². The first kappa shape index (κ1) is 12.6. The monoisotopic (exact) mass is 278 g/mol. The van der Waals surface area contributed by atoms with Crippen LogP contribution in [0.25, 0.3) is 21.6 Å². The summed E-state index contributed by atoms with van der Waals surface area (Å²) in [6.45, 7) is 0. The molecule has 18 heavy (non-hydrogen) atoms. The summed E-state index contributed by atoms with van der Waals surface area (Å²) in [4.78, 5) is 2.73. The molecule has 0 atom stereocenters. The van der Waals surface area contributed by atoms with Crippen molar-refractivity contribution in [3.63, 3.8) is 0 Å². The molecule has 90 valence electrons. The number of nitrogens with zero attached hydrogens (tertiary/aromatic N) is 3. The lowest BCUT2D eigenvalue weighted by Crippen LogP contribution is -1.91. The number of hydrogen-bond acceptors (Lipinski definition) is 2. The van der Waals surface area contributed by atoms with E-state index in [9.17, 15) is 0 Å². The molecule has 0 bridgehead atoms. The molecule has 0 aliphatic heterocycles. The first-order valence-corrected chi connectivity index (χ1v) is 5.78. The second-order valence-corrected chi connectivity index (χ2v) is 4.40. The molecule has 6 heteroatoms. The van der Waals surface area contributed by atoms with Crippen molar-refractivity contribution in [1.82, 2.24) is 0 Å². The Morgan fingerprint density at radius 2 is 1.89 bits per heavy atom. The van der Waals surface area contributed by atoms with E-state index in [1.165, 1.54) is 0 Å². The molecule has 2 aromatic carbocycles. The number of benzene rings is 2. The van der Waals surface area contributed by atoms with Gasteiger partial charge in [-0.2, -0.15) is 0 Å². The van der Waals surface area contributed by atoms with E-state index in [-0.39, 0.29) is 0 Å². The lowest BCUT2D eigenvalue weighted by atomic mass is 10.0. The summed E-state index contributed by atoms with van der Waals surface area (Å²) in [5.41, 5.74) is 16.6. The maximum atomic E-state index is 8.46. The van der Waals surface area contributed by atoms with Gasteiger partial charge in [0, 0.05) is 31.8 Å². The third kappa shape index (κ3) is 2.36. The van der Waals surface area contributed by atoms with Crippen LogP contribution in [0.2, 0.25) is 10.0 Å². The van der Waals surface area contributed by atoms with E-state index in [2.05, 4.69) is 10.0 Å². The van der Waals surface area contributed by atoms with E-state index < -0.39 is 0 Å². The molecular weight excluding hydrogens is 271 g/mol. The van der Waals surface area contributed by atoms with Gasteiger partial charge in [-0.05, 0) is 17.7 Å². The zero-order valence-electron chi connectivity index (χ0n) is 9.14. The van der Waals surface area contributed by atoms with E-state index >= 15 is 0 Å². The normalized spacial score (nSPS) is 9.89. The molecule has 0 radical (unpaired) electrons. The molecule has 0 saturated heterocycles. The molecule has 0 saturated carbocycles. The lowest BCUT2D eigenvalue weighted by molar-refractivity contribution is 1.47. The molecule has 2 aromatic rings. The van der Waals surface area contributed by atoms with Gasteiger partial charge in [0.15, 0.2) is 0 Å². The minimum atomic E-state index is 0.376. The summed E-state index contributed by atoms with van der Waals surface area (Å²) in [5.74, 6) is 0. The average Bonchev–Trinajstić information content (AvgIpc) is 2.33. The summed E-state index contributed by atoms with van der Waals surface area (Å²) in [5, 5.41) is 4.57. The smallest absolute Gasteiger partial charge is 0.0611 e. The quantitative estimate of drug-likeness (QED) is 0.349. The fourth-order valence-corrected chi connectivity index (χ4v) is 2.14. The SMILES string of the molecule is [N-]=[N+]=Nc1cccc(-c2ccc(Cl)cc2Cl)c1N. The highest BCUT2D eigenvalue weighted by atomic mass is 35.5. The lowest BCUT2D eigenvalue weighted by Gasteiger charge is -2.10. The highest BCUT2D eigenvalue weighted by molar-refractivity contribution is 6.36. The molecule has 0 fully saturated rings. The van der Waals surface area contributed by atoms with Gasteiger partial charge >= 0.3 is 0 Å². The van der Waals surface area contributed by atoms with E-state index in [0.717, 1.165) is 5.56 Å². The number of nitrogens with two attached hydrogens (primary N) is 1. The van der Waals surface area contributed by atoms with Crippen LogP contribution in [0.1, 0.15) is 0 Å². The minimum Gasteiger partial charge on any atom is -0.398 e. The summed E-state index contributed by atoms with van der Waals surface area (Å²) in [6, 6.07) is 10.3.